The zero-order valence-corrected chi connectivity index (χ0v) is 14.6. The van der Waals surface area contributed by atoms with Crippen molar-refractivity contribution in [2.75, 3.05) is 6.54 Å². The first-order chi connectivity index (χ1) is 9.95. The Balaban J connectivity index is 2.40. The van der Waals surface area contributed by atoms with Gasteiger partial charge in [0, 0.05) is 29.5 Å². The van der Waals surface area contributed by atoms with Crippen molar-refractivity contribution in [1.82, 2.24) is 15.1 Å². The average Bonchev–Trinajstić information content (AvgIpc) is 2.65. The SMILES string of the molecule is CCNC(Cc1c(Cl)c(C)nn1C)c1c(F)cccc1Br. The second kappa shape index (κ2) is 6.90. The van der Waals surface area contributed by atoms with Crippen LogP contribution in [0.3, 0.4) is 0 Å². The predicted molar refractivity (Wildman–Crippen MR) is 87.2 cm³/mol. The minimum Gasteiger partial charge on any atom is -0.310 e. The minimum atomic E-state index is -0.231. The Kier molecular flexibility index (Phi) is 5.41. The molecule has 6 heteroatoms. The molecule has 21 heavy (non-hydrogen) atoms. The van der Waals surface area contributed by atoms with Crippen molar-refractivity contribution in [3.8, 4) is 0 Å². The van der Waals surface area contributed by atoms with Crippen LogP contribution in [0.15, 0.2) is 22.7 Å². The summed E-state index contributed by atoms with van der Waals surface area (Å²) >= 11 is 9.75. The molecule has 0 saturated heterocycles. The van der Waals surface area contributed by atoms with Gasteiger partial charge in [0.25, 0.3) is 0 Å². The molecule has 2 aromatic rings. The van der Waals surface area contributed by atoms with E-state index in [-0.39, 0.29) is 11.9 Å². The molecule has 114 valence electrons. The van der Waals surface area contributed by atoms with Gasteiger partial charge in [0.15, 0.2) is 0 Å². The van der Waals surface area contributed by atoms with Crippen LogP contribution in [0.1, 0.15) is 29.9 Å². The van der Waals surface area contributed by atoms with E-state index in [1.54, 1.807) is 10.7 Å². The normalized spacial score (nSPS) is 12.7. The largest absolute Gasteiger partial charge is 0.310 e. The number of nitrogens with zero attached hydrogens (tertiary/aromatic N) is 2. The van der Waals surface area contributed by atoms with Crippen molar-refractivity contribution in [2.24, 2.45) is 7.05 Å². The second-order valence-electron chi connectivity index (χ2n) is 4.92. The number of aromatic nitrogens is 2. The Hall–Kier alpha value is -0.910. The lowest BCUT2D eigenvalue weighted by atomic mass is 10.0. The van der Waals surface area contributed by atoms with Crippen LogP contribution in [0.5, 0.6) is 0 Å². The Bertz CT molecular complexity index is 622. The molecule has 1 N–H and O–H groups in total. The smallest absolute Gasteiger partial charge is 0.129 e. The Morgan fingerprint density at radius 1 is 1.48 bits per heavy atom. The summed E-state index contributed by atoms with van der Waals surface area (Å²) in [5.74, 6) is -0.231. The van der Waals surface area contributed by atoms with Gasteiger partial charge in [0.2, 0.25) is 0 Å². The van der Waals surface area contributed by atoms with Gasteiger partial charge >= 0.3 is 0 Å². The Labute approximate surface area is 137 Å². The van der Waals surface area contributed by atoms with E-state index >= 15 is 0 Å². The number of benzene rings is 1. The fourth-order valence-electron chi connectivity index (χ4n) is 2.46. The van der Waals surface area contributed by atoms with Gasteiger partial charge in [-0.2, -0.15) is 5.10 Å². The topological polar surface area (TPSA) is 29.9 Å². The van der Waals surface area contributed by atoms with Gasteiger partial charge in [-0.25, -0.2) is 4.39 Å². The lowest BCUT2D eigenvalue weighted by molar-refractivity contribution is 0.495. The number of nitrogens with one attached hydrogen (secondary N) is 1. The van der Waals surface area contributed by atoms with Gasteiger partial charge < -0.3 is 5.32 Å². The van der Waals surface area contributed by atoms with E-state index in [0.717, 1.165) is 22.4 Å². The summed E-state index contributed by atoms with van der Waals surface area (Å²) in [6, 6.07) is 4.84. The van der Waals surface area contributed by atoms with Crippen LogP contribution in [-0.2, 0) is 13.5 Å². The van der Waals surface area contributed by atoms with Gasteiger partial charge in [0.1, 0.15) is 5.82 Å². The van der Waals surface area contributed by atoms with E-state index in [9.17, 15) is 4.39 Å². The molecule has 0 bridgehead atoms. The van der Waals surface area contributed by atoms with E-state index in [4.69, 9.17) is 11.6 Å². The highest BCUT2D eigenvalue weighted by molar-refractivity contribution is 9.10. The predicted octanol–water partition coefficient (Wildman–Crippen LogP) is 4.18. The highest BCUT2D eigenvalue weighted by Gasteiger charge is 2.22. The lowest BCUT2D eigenvalue weighted by Crippen LogP contribution is -2.25. The maximum atomic E-state index is 14.2. The van der Waals surface area contributed by atoms with Crippen LogP contribution in [0, 0.1) is 12.7 Å². The standard InChI is InChI=1S/C15H18BrClFN3/c1-4-19-12(14-10(16)6-5-7-11(14)18)8-13-15(17)9(2)20-21(13)3/h5-7,12,19H,4,8H2,1-3H3. The third-order valence-electron chi connectivity index (χ3n) is 3.46. The molecule has 2 rings (SSSR count). The Morgan fingerprint density at radius 3 is 2.71 bits per heavy atom. The molecule has 0 saturated carbocycles. The molecule has 0 aliphatic rings. The van der Waals surface area contributed by atoms with Crippen LogP contribution in [-0.4, -0.2) is 16.3 Å². The van der Waals surface area contributed by atoms with Crippen molar-refractivity contribution in [1.29, 1.82) is 0 Å². The van der Waals surface area contributed by atoms with E-state index < -0.39 is 0 Å². The first kappa shape index (κ1) is 16.5. The van der Waals surface area contributed by atoms with Gasteiger partial charge in [-0.15, -0.1) is 0 Å². The van der Waals surface area contributed by atoms with Crippen LogP contribution in [0.2, 0.25) is 5.02 Å². The fourth-order valence-corrected chi connectivity index (χ4v) is 3.32. The zero-order valence-electron chi connectivity index (χ0n) is 12.3. The molecule has 1 unspecified atom stereocenters. The van der Waals surface area contributed by atoms with E-state index in [1.165, 1.54) is 6.07 Å². The summed E-state index contributed by atoms with van der Waals surface area (Å²) in [7, 11) is 1.85. The molecular formula is C15H18BrClFN3. The summed E-state index contributed by atoms with van der Waals surface area (Å²) in [6.07, 6.45) is 0.573. The number of hydrogen-bond acceptors (Lipinski definition) is 2. The first-order valence-corrected chi connectivity index (χ1v) is 7.98. The molecular weight excluding hydrogens is 357 g/mol. The molecule has 0 radical (unpaired) electrons. The molecule has 0 aliphatic heterocycles. The quantitative estimate of drug-likeness (QED) is 0.851. The molecule has 0 amide bonds. The van der Waals surface area contributed by atoms with Crippen LogP contribution >= 0.6 is 27.5 Å². The third kappa shape index (κ3) is 3.47. The third-order valence-corrected chi connectivity index (χ3v) is 4.64. The second-order valence-corrected chi connectivity index (χ2v) is 6.15. The molecule has 1 heterocycles. The van der Waals surface area contributed by atoms with Crippen molar-refractivity contribution >= 4 is 27.5 Å². The van der Waals surface area contributed by atoms with Crippen molar-refractivity contribution in [2.45, 2.75) is 26.3 Å². The highest BCUT2D eigenvalue weighted by atomic mass is 79.9. The molecule has 1 atom stereocenters. The number of rotatable bonds is 5. The lowest BCUT2D eigenvalue weighted by Gasteiger charge is -2.20. The monoisotopic (exact) mass is 373 g/mol. The maximum absolute atomic E-state index is 14.2. The van der Waals surface area contributed by atoms with E-state index in [1.807, 2.05) is 27.0 Å². The highest BCUT2D eigenvalue weighted by Crippen LogP contribution is 2.31. The molecule has 0 fully saturated rings. The summed E-state index contributed by atoms with van der Waals surface area (Å²) in [4.78, 5) is 0. The molecule has 1 aromatic carbocycles. The summed E-state index contributed by atoms with van der Waals surface area (Å²) in [5, 5.41) is 8.28. The average molecular weight is 375 g/mol. The van der Waals surface area contributed by atoms with Crippen molar-refractivity contribution < 1.29 is 4.39 Å². The van der Waals surface area contributed by atoms with Crippen LogP contribution in [0.25, 0.3) is 0 Å². The first-order valence-electron chi connectivity index (χ1n) is 6.81. The van der Waals surface area contributed by atoms with Crippen molar-refractivity contribution in [3.63, 3.8) is 0 Å². The van der Waals surface area contributed by atoms with Gasteiger partial charge in [0.05, 0.1) is 16.4 Å². The number of aryl methyl sites for hydroxylation is 2. The zero-order chi connectivity index (χ0) is 15.6. The molecule has 0 spiro atoms. The van der Waals surface area contributed by atoms with Crippen molar-refractivity contribution in [3.05, 3.63) is 50.5 Å². The maximum Gasteiger partial charge on any atom is 0.129 e. The van der Waals surface area contributed by atoms with Crippen LogP contribution < -0.4 is 5.32 Å². The van der Waals surface area contributed by atoms with Crippen LogP contribution in [0.4, 0.5) is 4.39 Å². The number of likely N-dealkylation sites (N-methyl/N-ethyl adjacent to an activating group) is 1. The molecule has 1 aromatic heterocycles. The van der Waals surface area contributed by atoms with E-state index in [2.05, 4.69) is 26.3 Å². The number of hydrogen-bond donors (Lipinski definition) is 1. The van der Waals surface area contributed by atoms with Gasteiger partial charge in [-0.05, 0) is 25.6 Å². The summed E-state index contributed by atoms with van der Waals surface area (Å²) in [6.45, 7) is 4.60. The molecule has 0 aliphatic carbocycles. The Morgan fingerprint density at radius 2 is 2.19 bits per heavy atom. The molecule has 3 nitrogen and oxygen atoms in total. The van der Waals surface area contributed by atoms with E-state index in [0.29, 0.717) is 17.0 Å². The fraction of sp³-hybridized carbons (Fsp3) is 0.400. The number of halogens is 3. The summed E-state index contributed by atoms with van der Waals surface area (Å²) < 4.78 is 16.7. The van der Waals surface area contributed by atoms with Gasteiger partial charge in [-0.1, -0.05) is 40.5 Å². The minimum absolute atomic E-state index is 0.169. The van der Waals surface area contributed by atoms with Gasteiger partial charge in [-0.3, -0.25) is 4.68 Å². The summed E-state index contributed by atoms with van der Waals surface area (Å²) in [5.41, 5.74) is 2.31.